The molecule has 0 saturated heterocycles. The highest BCUT2D eigenvalue weighted by Gasteiger charge is 2.14. The van der Waals surface area contributed by atoms with Gasteiger partial charge >= 0.3 is 0 Å². The molecule has 2 aromatic rings. The van der Waals surface area contributed by atoms with Crippen LogP contribution in [0.3, 0.4) is 0 Å². The average molecular weight is 406 g/mol. The van der Waals surface area contributed by atoms with Gasteiger partial charge in [0.1, 0.15) is 17.4 Å². The van der Waals surface area contributed by atoms with E-state index in [4.69, 9.17) is 4.74 Å². The summed E-state index contributed by atoms with van der Waals surface area (Å²) in [6, 6.07) is 7.88. The van der Waals surface area contributed by atoms with E-state index in [2.05, 4.69) is 31.9 Å². The van der Waals surface area contributed by atoms with Crippen LogP contribution in [0, 0.1) is 11.6 Å². The topological polar surface area (TPSA) is 26.3 Å². The Kier molecular flexibility index (Phi) is 4.88. The summed E-state index contributed by atoms with van der Waals surface area (Å²) in [7, 11) is 0. The van der Waals surface area contributed by atoms with Gasteiger partial charge in [-0.05, 0) is 52.3 Å². The summed E-state index contributed by atoms with van der Waals surface area (Å²) >= 11 is 6.57. The van der Waals surface area contributed by atoms with Crippen LogP contribution in [-0.4, -0.2) is 12.4 Å². The van der Waals surface area contributed by atoms with Crippen molar-refractivity contribution in [3.8, 4) is 5.75 Å². The molecule has 0 aliphatic rings. The zero-order valence-corrected chi connectivity index (χ0v) is 13.2. The molecule has 0 aromatic heterocycles. The lowest BCUT2D eigenvalue weighted by molar-refractivity contribution is 0.0916. The fourth-order valence-corrected chi connectivity index (χ4v) is 2.69. The lowest BCUT2D eigenvalue weighted by Crippen LogP contribution is -2.13. The quantitative estimate of drug-likeness (QED) is 0.686. The predicted molar refractivity (Wildman–Crippen MR) is 78.0 cm³/mol. The Morgan fingerprint density at radius 3 is 2.55 bits per heavy atom. The van der Waals surface area contributed by atoms with E-state index in [1.165, 1.54) is 0 Å². The maximum Gasteiger partial charge on any atom is 0.203 e. The minimum atomic E-state index is -0.769. The number of hydrogen-bond acceptors (Lipinski definition) is 2. The Morgan fingerprint density at radius 2 is 1.85 bits per heavy atom. The lowest BCUT2D eigenvalue weighted by atomic mass is 10.1. The predicted octanol–water partition coefficient (Wildman–Crippen LogP) is 4.75. The Morgan fingerprint density at radius 1 is 1.10 bits per heavy atom. The van der Waals surface area contributed by atoms with Crippen LogP contribution in [-0.2, 0) is 0 Å². The normalized spacial score (nSPS) is 10.4. The molecule has 0 aliphatic heterocycles. The van der Waals surface area contributed by atoms with Crippen molar-refractivity contribution in [2.24, 2.45) is 0 Å². The first-order valence-corrected chi connectivity index (χ1v) is 7.12. The first kappa shape index (κ1) is 15.1. The van der Waals surface area contributed by atoms with Crippen molar-refractivity contribution in [3.05, 3.63) is 62.5 Å². The summed E-state index contributed by atoms with van der Waals surface area (Å²) in [4.78, 5) is 11.8. The number of rotatable bonds is 4. The Hall–Kier alpha value is -1.27. The number of carbonyl (C=O) groups is 1. The molecule has 0 heterocycles. The summed E-state index contributed by atoms with van der Waals surface area (Å²) in [6.45, 7) is -0.374. The van der Waals surface area contributed by atoms with E-state index >= 15 is 0 Å². The third kappa shape index (κ3) is 3.64. The van der Waals surface area contributed by atoms with E-state index in [1.54, 1.807) is 18.2 Å². The molecule has 0 saturated carbocycles. The molecule has 20 heavy (non-hydrogen) atoms. The van der Waals surface area contributed by atoms with Crippen LogP contribution < -0.4 is 4.74 Å². The maximum atomic E-state index is 13.4. The zero-order chi connectivity index (χ0) is 14.7. The molecule has 0 unspecified atom stereocenters. The van der Waals surface area contributed by atoms with Gasteiger partial charge in [-0.2, -0.15) is 0 Å². The molecule has 2 rings (SSSR count). The van der Waals surface area contributed by atoms with Crippen LogP contribution in [0.25, 0.3) is 0 Å². The molecular weight excluding hydrogens is 398 g/mol. The van der Waals surface area contributed by atoms with Gasteiger partial charge in [-0.25, -0.2) is 8.78 Å². The molecule has 0 N–H and O–H groups in total. The highest BCUT2D eigenvalue weighted by Crippen LogP contribution is 2.28. The standard InChI is InChI=1S/C14H8Br2F2O2/c15-8-1-4-14(11(16)5-8)20-7-13(19)10-6-9(17)2-3-12(10)18/h1-6H,7H2. The molecule has 0 atom stereocenters. The fraction of sp³-hybridized carbons (Fsp3) is 0.0714. The highest BCUT2D eigenvalue weighted by atomic mass is 79.9. The molecule has 0 radical (unpaired) electrons. The van der Waals surface area contributed by atoms with Crippen LogP contribution in [0.5, 0.6) is 5.75 Å². The number of halogens is 4. The monoisotopic (exact) mass is 404 g/mol. The molecule has 2 aromatic carbocycles. The first-order valence-electron chi connectivity index (χ1n) is 5.53. The van der Waals surface area contributed by atoms with Crippen molar-refractivity contribution < 1.29 is 18.3 Å². The van der Waals surface area contributed by atoms with E-state index in [1.807, 2.05) is 0 Å². The van der Waals surface area contributed by atoms with Gasteiger partial charge in [-0.1, -0.05) is 15.9 Å². The van der Waals surface area contributed by atoms with Crippen molar-refractivity contribution in [1.82, 2.24) is 0 Å². The highest BCUT2D eigenvalue weighted by molar-refractivity contribution is 9.11. The third-order valence-corrected chi connectivity index (χ3v) is 3.59. The largest absolute Gasteiger partial charge is 0.484 e. The second kappa shape index (κ2) is 6.45. The Balaban J connectivity index is 2.10. The molecule has 0 fully saturated rings. The lowest BCUT2D eigenvalue weighted by Gasteiger charge is -2.08. The van der Waals surface area contributed by atoms with Crippen molar-refractivity contribution in [3.63, 3.8) is 0 Å². The number of Topliss-reactive ketones (excluding diaryl/α,β-unsaturated/α-hetero) is 1. The summed E-state index contributed by atoms with van der Waals surface area (Å²) in [5.74, 6) is -1.62. The second-order valence-electron chi connectivity index (χ2n) is 3.91. The van der Waals surface area contributed by atoms with Gasteiger partial charge in [0.05, 0.1) is 10.0 Å². The Labute approximate surface area is 131 Å². The maximum absolute atomic E-state index is 13.4. The van der Waals surface area contributed by atoms with E-state index in [0.717, 1.165) is 22.7 Å². The van der Waals surface area contributed by atoms with Gasteiger partial charge in [0, 0.05) is 4.47 Å². The van der Waals surface area contributed by atoms with Crippen molar-refractivity contribution in [1.29, 1.82) is 0 Å². The number of ether oxygens (including phenoxy) is 1. The molecule has 2 nitrogen and oxygen atoms in total. The van der Waals surface area contributed by atoms with E-state index < -0.39 is 17.4 Å². The van der Waals surface area contributed by atoms with Crippen LogP contribution >= 0.6 is 31.9 Å². The number of hydrogen-bond donors (Lipinski definition) is 0. The average Bonchev–Trinajstić information content (AvgIpc) is 2.40. The van der Waals surface area contributed by atoms with Crippen molar-refractivity contribution in [2.45, 2.75) is 0 Å². The number of carbonyl (C=O) groups excluding carboxylic acids is 1. The van der Waals surface area contributed by atoms with Crippen LogP contribution in [0.1, 0.15) is 10.4 Å². The van der Waals surface area contributed by atoms with E-state index in [9.17, 15) is 13.6 Å². The van der Waals surface area contributed by atoms with Crippen LogP contribution in [0.2, 0.25) is 0 Å². The fourth-order valence-electron chi connectivity index (χ4n) is 1.52. The van der Waals surface area contributed by atoms with Crippen molar-refractivity contribution >= 4 is 37.6 Å². The summed E-state index contributed by atoms with van der Waals surface area (Å²) in [5, 5.41) is 0. The van der Waals surface area contributed by atoms with Gasteiger partial charge in [-0.3, -0.25) is 4.79 Å². The minimum absolute atomic E-state index is 0.321. The summed E-state index contributed by atoms with van der Waals surface area (Å²) in [6.07, 6.45) is 0. The van der Waals surface area contributed by atoms with Gasteiger partial charge in [0.2, 0.25) is 5.78 Å². The minimum Gasteiger partial charge on any atom is -0.484 e. The van der Waals surface area contributed by atoms with Gasteiger partial charge in [-0.15, -0.1) is 0 Å². The molecule has 104 valence electrons. The molecule has 0 amide bonds. The number of benzene rings is 2. The molecule has 6 heteroatoms. The number of ketones is 1. The Bertz CT molecular complexity index is 660. The van der Waals surface area contributed by atoms with Crippen LogP contribution in [0.4, 0.5) is 8.78 Å². The van der Waals surface area contributed by atoms with Crippen molar-refractivity contribution in [2.75, 3.05) is 6.61 Å². The molecule has 0 aliphatic carbocycles. The van der Waals surface area contributed by atoms with Gasteiger partial charge in [0.25, 0.3) is 0 Å². The molecule has 0 spiro atoms. The van der Waals surface area contributed by atoms with Crippen LogP contribution in [0.15, 0.2) is 45.3 Å². The first-order chi connectivity index (χ1) is 9.47. The second-order valence-corrected chi connectivity index (χ2v) is 5.68. The molecule has 0 bridgehead atoms. The zero-order valence-electron chi connectivity index (χ0n) is 10.00. The van der Waals surface area contributed by atoms with E-state index in [0.29, 0.717) is 10.2 Å². The van der Waals surface area contributed by atoms with E-state index in [-0.39, 0.29) is 12.2 Å². The molecular formula is C14H8Br2F2O2. The summed E-state index contributed by atoms with van der Waals surface area (Å²) in [5.41, 5.74) is -0.321. The van der Waals surface area contributed by atoms with Gasteiger partial charge < -0.3 is 4.74 Å². The third-order valence-electron chi connectivity index (χ3n) is 2.48. The smallest absolute Gasteiger partial charge is 0.203 e. The summed E-state index contributed by atoms with van der Waals surface area (Å²) < 4.78 is 33.2. The SMILES string of the molecule is O=C(COc1ccc(Br)cc1Br)c1cc(F)ccc1F. The van der Waals surface area contributed by atoms with Gasteiger partial charge in [0.15, 0.2) is 6.61 Å².